The van der Waals surface area contributed by atoms with E-state index in [1.54, 1.807) is 6.07 Å². The molecule has 2 heterocycles. The second-order valence-corrected chi connectivity index (χ2v) is 6.32. The van der Waals surface area contributed by atoms with Crippen LogP contribution in [0.1, 0.15) is 36.7 Å². The zero-order valence-corrected chi connectivity index (χ0v) is 15.7. The first-order valence-electron chi connectivity index (χ1n) is 9.47. The Kier molecular flexibility index (Phi) is 6.84. The van der Waals surface area contributed by atoms with E-state index in [-0.39, 0.29) is 5.91 Å². The number of nitrogens with zero attached hydrogens (tertiary/aromatic N) is 3. The van der Waals surface area contributed by atoms with Gasteiger partial charge in [0.15, 0.2) is 0 Å². The summed E-state index contributed by atoms with van der Waals surface area (Å²) in [6.07, 6.45) is 5.03. The number of carbonyl (C=O) groups is 1. The van der Waals surface area contributed by atoms with E-state index in [0.717, 1.165) is 43.2 Å². The van der Waals surface area contributed by atoms with Gasteiger partial charge in [-0.25, -0.2) is 9.97 Å². The van der Waals surface area contributed by atoms with Crippen LogP contribution in [-0.2, 0) is 0 Å². The van der Waals surface area contributed by atoms with Crippen LogP contribution in [0.4, 0.5) is 5.82 Å². The molecule has 3 rings (SSSR count). The van der Waals surface area contributed by atoms with E-state index < -0.39 is 0 Å². The van der Waals surface area contributed by atoms with Crippen molar-refractivity contribution in [1.29, 1.82) is 0 Å². The first-order valence-corrected chi connectivity index (χ1v) is 9.47. The number of anilines is 1. The van der Waals surface area contributed by atoms with E-state index in [1.165, 1.54) is 12.7 Å². The average Bonchev–Trinajstić information content (AvgIpc) is 2.73. The first kappa shape index (κ1) is 18.9. The van der Waals surface area contributed by atoms with Gasteiger partial charge < -0.3 is 19.7 Å². The molecule has 144 valence electrons. The molecular formula is C20H26N4O3. The van der Waals surface area contributed by atoms with Gasteiger partial charge in [0.2, 0.25) is 0 Å². The third kappa shape index (κ3) is 5.57. The summed E-state index contributed by atoms with van der Waals surface area (Å²) in [6.45, 7) is 5.32. The standard InChI is InChI=1S/C20H26N4O3/c1-2-26-16-6-8-17(9-7-16)27-13-10-21-20(25)18-14-19(23-15-22-18)24-11-4-3-5-12-24/h6-9,14-15H,2-5,10-13H2,1H3,(H,21,25). The van der Waals surface area contributed by atoms with E-state index in [0.29, 0.717) is 25.5 Å². The molecule has 1 aromatic carbocycles. The average molecular weight is 370 g/mol. The smallest absolute Gasteiger partial charge is 0.270 e. The molecule has 0 unspecified atom stereocenters. The van der Waals surface area contributed by atoms with Gasteiger partial charge in [0.05, 0.1) is 13.2 Å². The Balaban J connectivity index is 1.45. The van der Waals surface area contributed by atoms with Crippen LogP contribution in [0.5, 0.6) is 11.5 Å². The molecule has 1 fully saturated rings. The lowest BCUT2D eigenvalue weighted by atomic mass is 10.1. The molecule has 0 spiro atoms. The number of nitrogens with one attached hydrogen (secondary N) is 1. The molecule has 1 saturated heterocycles. The summed E-state index contributed by atoms with van der Waals surface area (Å²) >= 11 is 0. The Bertz CT molecular complexity index is 730. The first-order chi connectivity index (χ1) is 13.3. The highest BCUT2D eigenvalue weighted by Crippen LogP contribution is 2.18. The highest BCUT2D eigenvalue weighted by atomic mass is 16.5. The number of rotatable bonds is 8. The van der Waals surface area contributed by atoms with Crippen molar-refractivity contribution in [3.63, 3.8) is 0 Å². The zero-order valence-electron chi connectivity index (χ0n) is 15.7. The molecule has 0 bridgehead atoms. The normalized spacial score (nSPS) is 13.9. The zero-order chi connectivity index (χ0) is 18.9. The SMILES string of the molecule is CCOc1ccc(OCCNC(=O)c2cc(N3CCCCC3)ncn2)cc1. The summed E-state index contributed by atoms with van der Waals surface area (Å²) in [7, 11) is 0. The Morgan fingerprint density at radius 3 is 2.48 bits per heavy atom. The minimum Gasteiger partial charge on any atom is -0.494 e. The van der Waals surface area contributed by atoms with Crippen LogP contribution in [0.25, 0.3) is 0 Å². The Morgan fingerprint density at radius 2 is 1.78 bits per heavy atom. The van der Waals surface area contributed by atoms with E-state index in [9.17, 15) is 4.79 Å². The van der Waals surface area contributed by atoms with Crippen LogP contribution < -0.4 is 19.7 Å². The number of aromatic nitrogens is 2. The fourth-order valence-electron chi connectivity index (χ4n) is 2.99. The highest BCUT2D eigenvalue weighted by Gasteiger charge is 2.15. The molecule has 0 saturated carbocycles. The monoisotopic (exact) mass is 370 g/mol. The van der Waals surface area contributed by atoms with Crippen LogP contribution in [-0.4, -0.2) is 48.7 Å². The van der Waals surface area contributed by atoms with E-state index >= 15 is 0 Å². The summed E-state index contributed by atoms with van der Waals surface area (Å²) in [5.41, 5.74) is 0.381. The van der Waals surface area contributed by atoms with Gasteiger partial charge in [-0.2, -0.15) is 0 Å². The van der Waals surface area contributed by atoms with Crippen molar-refractivity contribution < 1.29 is 14.3 Å². The summed E-state index contributed by atoms with van der Waals surface area (Å²) in [4.78, 5) is 22.9. The largest absolute Gasteiger partial charge is 0.494 e. The molecule has 0 atom stereocenters. The van der Waals surface area contributed by atoms with Crippen molar-refractivity contribution >= 4 is 11.7 Å². The highest BCUT2D eigenvalue weighted by molar-refractivity contribution is 5.92. The molecule has 1 aliphatic heterocycles. The van der Waals surface area contributed by atoms with Crippen LogP contribution in [0.3, 0.4) is 0 Å². The van der Waals surface area contributed by atoms with Crippen molar-refractivity contribution in [1.82, 2.24) is 15.3 Å². The summed E-state index contributed by atoms with van der Waals surface area (Å²) < 4.78 is 11.0. The number of amides is 1. The van der Waals surface area contributed by atoms with Crippen LogP contribution in [0, 0.1) is 0 Å². The van der Waals surface area contributed by atoms with Crippen molar-refractivity contribution in [2.24, 2.45) is 0 Å². The minimum atomic E-state index is -0.217. The number of benzene rings is 1. The number of carbonyl (C=O) groups excluding carboxylic acids is 1. The second-order valence-electron chi connectivity index (χ2n) is 6.32. The van der Waals surface area contributed by atoms with Crippen LogP contribution >= 0.6 is 0 Å². The van der Waals surface area contributed by atoms with Gasteiger partial charge in [-0.1, -0.05) is 0 Å². The number of ether oxygens (including phenoxy) is 2. The molecule has 1 aliphatic rings. The van der Waals surface area contributed by atoms with Crippen LogP contribution in [0.15, 0.2) is 36.7 Å². The number of piperidine rings is 1. The van der Waals surface area contributed by atoms with Crippen molar-refractivity contribution in [3.05, 3.63) is 42.4 Å². The van der Waals surface area contributed by atoms with Crippen LogP contribution in [0.2, 0.25) is 0 Å². The lowest BCUT2D eigenvalue weighted by Gasteiger charge is -2.27. The van der Waals surface area contributed by atoms with Gasteiger partial charge in [0.1, 0.15) is 35.9 Å². The predicted molar refractivity (Wildman–Crippen MR) is 104 cm³/mol. The fraction of sp³-hybridized carbons (Fsp3) is 0.450. The topological polar surface area (TPSA) is 76.6 Å². The molecule has 1 amide bonds. The Morgan fingerprint density at radius 1 is 1.07 bits per heavy atom. The van der Waals surface area contributed by atoms with E-state index in [1.807, 2.05) is 31.2 Å². The summed E-state index contributed by atoms with van der Waals surface area (Å²) in [5.74, 6) is 2.15. The fourth-order valence-corrected chi connectivity index (χ4v) is 2.99. The van der Waals surface area contributed by atoms with E-state index in [4.69, 9.17) is 9.47 Å². The maximum atomic E-state index is 12.3. The van der Waals surface area contributed by atoms with Gasteiger partial charge in [-0.15, -0.1) is 0 Å². The van der Waals surface area contributed by atoms with Crippen molar-refractivity contribution in [3.8, 4) is 11.5 Å². The molecule has 27 heavy (non-hydrogen) atoms. The molecule has 7 heteroatoms. The van der Waals surface area contributed by atoms with Gasteiger partial charge in [0, 0.05) is 19.2 Å². The Labute approximate surface area is 159 Å². The molecular weight excluding hydrogens is 344 g/mol. The number of hydrogen-bond donors (Lipinski definition) is 1. The third-order valence-corrected chi connectivity index (χ3v) is 4.36. The third-order valence-electron chi connectivity index (χ3n) is 4.36. The molecule has 0 aliphatic carbocycles. The van der Waals surface area contributed by atoms with Gasteiger partial charge in [0.25, 0.3) is 5.91 Å². The predicted octanol–water partition coefficient (Wildman–Crippen LogP) is 2.67. The van der Waals surface area contributed by atoms with Gasteiger partial charge >= 0.3 is 0 Å². The Hall–Kier alpha value is -2.83. The van der Waals surface area contributed by atoms with Crippen molar-refractivity contribution in [2.75, 3.05) is 37.7 Å². The second kappa shape index (κ2) is 9.75. The molecule has 0 radical (unpaired) electrons. The molecule has 7 nitrogen and oxygen atoms in total. The molecule has 2 aromatic rings. The maximum absolute atomic E-state index is 12.3. The summed E-state index contributed by atoms with van der Waals surface area (Å²) in [6, 6.07) is 9.18. The maximum Gasteiger partial charge on any atom is 0.270 e. The minimum absolute atomic E-state index is 0.217. The van der Waals surface area contributed by atoms with Crippen molar-refractivity contribution in [2.45, 2.75) is 26.2 Å². The molecule has 1 aromatic heterocycles. The quantitative estimate of drug-likeness (QED) is 0.720. The lowest BCUT2D eigenvalue weighted by Crippen LogP contribution is -2.32. The summed E-state index contributed by atoms with van der Waals surface area (Å²) in [5, 5.41) is 2.83. The molecule has 1 N–H and O–H groups in total. The lowest BCUT2D eigenvalue weighted by molar-refractivity contribution is 0.0942. The van der Waals surface area contributed by atoms with Gasteiger partial charge in [-0.3, -0.25) is 4.79 Å². The van der Waals surface area contributed by atoms with Gasteiger partial charge in [-0.05, 0) is 50.5 Å². The van der Waals surface area contributed by atoms with E-state index in [2.05, 4.69) is 20.2 Å². The number of hydrogen-bond acceptors (Lipinski definition) is 6.